The Morgan fingerprint density at radius 1 is 1.11 bits per heavy atom. The first-order valence-corrected chi connectivity index (χ1v) is 11.8. The molecule has 1 aliphatic rings. The van der Waals surface area contributed by atoms with Gasteiger partial charge >= 0.3 is 6.03 Å². The molecule has 8 nitrogen and oxygen atoms in total. The minimum atomic E-state index is -0.810. The predicted molar refractivity (Wildman–Crippen MR) is 132 cm³/mol. The smallest absolute Gasteiger partial charge is 0.331 e. The van der Waals surface area contributed by atoms with Crippen LogP contribution >= 0.6 is 27.5 Å². The van der Waals surface area contributed by atoms with Gasteiger partial charge in [-0.1, -0.05) is 23.7 Å². The molecule has 0 bridgehead atoms. The van der Waals surface area contributed by atoms with Crippen molar-refractivity contribution >= 4 is 51.5 Å². The van der Waals surface area contributed by atoms with Crippen molar-refractivity contribution in [3.8, 4) is 11.5 Å². The van der Waals surface area contributed by atoms with Gasteiger partial charge in [0.05, 0.1) is 23.9 Å². The summed E-state index contributed by atoms with van der Waals surface area (Å²) in [5.74, 6) is -0.209. The fraction of sp³-hybridized carbons (Fsp3) is 0.160. The molecule has 3 aromatic rings. The van der Waals surface area contributed by atoms with Crippen LogP contribution in [0.25, 0.3) is 6.08 Å². The van der Waals surface area contributed by atoms with E-state index in [0.29, 0.717) is 38.9 Å². The normalized spacial score (nSPS) is 14.9. The first-order valence-electron chi connectivity index (χ1n) is 10.6. The SMILES string of the molecule is CCOc1cc(/C=C2\C(=O)NC(=O)N(Cc3ccco3)C2=O)cc(Br)c1OCc1ccc(Cl)cc1. The number of carbonyl (C=O) groups excluding carboxylic acids is 3. The van der Waals surface area contributed by atoms with Crippen LogP contribution in [0.4, 0.5) is 4.79 Å². The number of barbiturate groups is 1. The third-order valence-electron chi connectivity index (χ3n) is 5.02. The number of urea groups is 1. The van der Waals surface area contributed by atoms with Gasteiger partial charge in [-0.3, -0.25) is 19.8 Å². The number of benzene rings is 2. The van der Waals surface area contributed by atoms with Crippen molar-refractivity contribution in [2.24, 2.45) is 0 Å². The molecule has 4 amide bonds. The lowest BCUT2D eigenvalue weighted by atomic mass is 10.1. The largest absolute Gasteiger partial charge is 0.490 e. The average molecular weight is 560 g/mol. The quantitative estimate of drug-likeness (QED) is 0.296. The number of imide groups is 2. The van der Waals surface area contributed by atoms with Gasteiger partial charge < -0.3 is 13.9 Å². The van der Waals surface area contributed by atoms with E-state index in [2.05, 4.69) is 21.2 Å². The highest BCUT2D eigenvalue weighted by Crippen LogP contribution is 2.38. The number of carbonyl (C=O) groups is 3. The van der Waals surface area contributed by atoms with Crippen LogP contribution in [0.2, 0.25) is 5.02 Å². The second kappa shape index (κ2) is 10.8. The van der Waals surface area contributed by atoms with E-state index in [4.69, 9.17) is 25.5 Å². The van der Waals surface area contributed by atoms with Gasteiger partial charge in [0.15, 0.2) is 11.5 Å². The zero-order chi connectivity index (χ0) is 24.9. The highest BCUT2D eigenvalue weighted by atomic mass is 79.9. The van der Waals surface area contributed by atoms with Crippen LogP contribution in [0.3, 0.4) is 0 Å². The minimum Gasteiger partial charge on any atom is -0.490 e. The monoisotopic (exact) mass is 558 g/mol. The van der Waals surface area contributed by atoms with E-state index in [1.54, 1.807) is 36.4 Å². The molecule has 0 radical (unpaired) electrons. The zero-order valence-corrected chi connectivity index (χ0v) is 20.9. The van der Waals surface area contributed by atoms with Gasteiger partial charge in [0.25, 0.3) is 11.8 Å². The van der Waals surface area contributed by atoms with E-state index < -0.39 is 17.8 Å². The summed E-state index contributed by atoms with van der Waals surface area (Å²) in [5, 5.41) is 2.82. The highest BCUT2D eigenvalue weighted by molar-refractivity contribution is 9.10. The van der Waals surface area contributed by atoms with Gasteiger partial charge in [0, 0.05) is 5.02 Å². The van der Waals surface area contributed by atoms with Crippen molar-refractivity contribution in [1.82, 2.24) is 10.2 Å². The number of hydrogen-bond acceptors (Lipinski definition) is 6. The predicted octanol–water partition coefficient (Wildman–Crippen LogP) is 5.34. The van der Waals surface area contributed by atoms with Crippen LogP contribution in [-0.2, 0) is 22.7 Å². The Labute approximate surface area is 214 Å². The van der Waals surface area contributed by atoms with Gasteiger partial charge in [0.1, 0.15) is 17.9 Å². The van der Waals surface area contributed by atoms with E-state index in [-0.39, 0.29) is 18.7 Å². The van der Waals surface area contributed by atoms with Crippen molar-refractivity contribution in [2.75, 3.05) is 6.61 Å². The van der Waals surface area contributed by atoms with Gasteiger partial charge in [-0.2, -0.15) is 0 Å². The number of nitrogens with one attached hydrogen (secondary N) is 1. The fourth-order valence-electron chi connectivity index (χ4n) is 3.37. The van der Waals surface area contributed by atoms with Crippen molar-refractivity contribution in [3.05, 3.63) is 86.7 Å². The Morgan fingerprint density at radius 3 is 2.57 bits per heavy atom. The molecule has 0 atom stereocenters. The summed E-state index contributed by atoms with van der Waals surface area (Å²) in [6, 6.07) is 13.1. The Morgan fingerprint density at radius 2 is 1.89 bits per heavy atom. The molecule has 0 saturated carbocycles. The molecule has 0 aliphatic carbocycles. The molecule has 1 fully saturated rings. The van der Waals surface area contributed by atoms with Crippen LogP contribution in [-0.4, -0.2) is 29.4 Å². The molecule has 4 rings (SSSR count). The fourth-order valence-corrected chi connectivity index (χ4v) is 4.07. The third kappa shape index (κ3) is 5.75. The molecule has 10 heteroatoms. The topological polar surface area (TPSA) is 98.1 Å². The number of furan rings is 1. The minimum absolute atomic E-state index is 0.104. The van der Waals surface area contributed by atoms with Crippen LogP contribution in [0.15, 0.2) is 69.3 Å². The van der Waals surface area contributed by atoms with Gasteiger partial charge in [-0.15, -0.1) is 0 Å². The Bertz CT molecular complexity index is 1290. The lowest BCUT2D eigenvalue weighted by Gasteiger charge is -2.25. The van der Waals surface area contributed by atoms with Gasteiger partial charge in [0.2, 0.25) is 0 Å². The maximum absolute atomic E-state index is 13.0. The van der Waals surface area contributed by atoms with Crippen LogP contribution in [0.5, 0.6) is 11.5 Å². The molecule has 0 spiro atoms. The Kier molecular flexibility index (Phi) is 7.57. The molecule has 1 aliphatic heterocycles. The van der Waals surface area contributed by atoms with Crippen LogP contribution in [0, 0.1) is 0 Å². The Hall–Kier alpha value is -3.56. The number of ether oxygens (including phenoxy) is 2. The van der Waals surface area contributed by atoms with E-state index in [1.165, 1.54) is 12.3 Å². The molecular formula is C25H20BrClN2O6. The maximum atomic E-state index is 13.0. The van der Waals surface area contributed by atoms with Crippen molar-refractivity contribution in [2.45, 2.75) is 20.1 Å². The summed E-state index contributed by atoms with van der Waals surface area (Å²) in [6.45, 7) is 2.38. The standard InChI is InChI=1S/C25H20BrClN2O6/c1-2-33-21-12-16(11-20(26)22(21)35-14-15-5-7-17(27)8-6-15)10-19-23(30)28-25(32)29(24(19)31)13-18-4-3-9-34-18/h3-12H,2,13-14H2,1H3,(H,28,30,32)/b19-10+. The summed E-state index contributed by atoms with van der Waals surface area (Å²) >= 11 is 9.43. The summed E-state index contributed by atoms with van der Waals surface area (Å²) < 4.78 is 17.5. The molecule has 1 aromatic heterocycles. The number of nitrogens with zero attached hydrogens (tertiary/aromatic N) is 1. The molecular weight excluding hydrogens is 540 g/mol. The first-order chi connectivity index (χ1) is 16.9. The number of amides is 4. The highest BCUT2D eigenvalue weighted by Gasteiger charge is 2.36. The maximum Gasteiger partial charge on any atom is 0.331 e. The molecule has 35 heavy (non-hydrogen) atoms. The molecule has 0 unspecified atom stereocenters. The summed E-state index contributed by atoms with van der Waals surface area (Å²) in [5.41, 5.74) is 1.23. The van der Waals surface area contributed by atoms with E-state index in [0.717, 1.165) is 10.5 Å². The lowest BCUT2D eigenvalue weighted by molar-refractivity contribution is -0.130. The molecule has 1 N–H and O–H groups in total. The zero-order valence-electron chi connectivity index (χ0n) is 18.5. The van der Waals surface area contributed by atoms with Crippen LogP contribution in [0.1, 0.15) is 23.8 Å². The molecule has 180 valence electrons. The van der Waals surface area contributed by atoms with Crippen molar-refractivity contribution in [1.29, 1.82) is 0 Å². The first kappa shape index (κ1) is 24.6. The lowest BCUT2D eigenvalue weighted by Crippen LogP contribution is -2.53. The van der Waals surface area contributed by atoms with Gasteiger partial charge in [-0.25, -0.2) is 4.79 Å². The second-order valence-corrected chi connectivity index (χ2v) is 8.76. The molecule has 2 heterocycles. The van der Waals surface area contributed by atoms with E-state index in [9.17, 15) is 14.4 Å². The summed E-state index contributed by atoms with van der Waals surface area (Å²) in [4.78, 5) is 38.6. The summed E-state index contributed by atoms with van der Waals surface area (Å²) in [7, 11) is 0. The van der Waals surface area contributed by atoms with E-state index in [1.807, 2.05) is 19.1 Å². The third-order valence-corrected chi connectivity index (χ3v) is 5.86. The molecule has 2 aromatic carbocycles. The van der Waals surface area contributed by atoms with Gasteiger partial charge in [-0.05, 0) is 76.5 Å². The van der Waals surface area contributed by atoms with Crippen molar-refractivity contribution in [3.63, 3.8) is 0 Å². The van der Waals surface area contributed by atoms with Crippen LogP contribution < -0.4 is 14.8 Å². The number of halogens is 2. The number of hydrogen-bond donors (Lipinski definition) is 1. The van der Waals surface area contributed by atoms with Crippen molar-refractivity contribution < 1.29 is 28.3 Å². The second-order valence-electron chi connectivity index (χ2n) is 7.47. The Balaban J connectivity index is 1.61. The number of rotatable bonds is 8. The van der Waals surface area contributed by atoms with E-state index >= 15 is 0 Å². The summed E-state index contributed by atoms with van der Waals surface area (Å²) in [6.07, 6.45) is 2.84. The molecule has 1 saturated heterocycles. The average Bonchev–Trinajstić information content (AvgIpc) is 3.34.